The van der Waals surface area contributed by atoms with Gasteiger partial charge in [0.25, 0.3) is 0 Å². The summed E-state index contributed by atoms with van der Waals surface area (Å²) in [4.78, 5) is 27.4. The van der Waals surface area contributed by atoms with Crippen LogP contribution in [0.5, 0.6) is 5.75 Å². The molecule has 4 atom stereocenters. The van der Waals surface area contributed by atoms with E-state index in [9.17, 15) is 41.0 Å². The zero-order chi connectivity index (χ0) is 30.7. The van der Waals surface area contributed by atoms with E-state index in [0.29, 0.717) is 35.4 Å². The molecule has 42 heavy (non-hydrogen) atoms. The van der Waals surface area contributed by atoms with Crippen molar-refractivity contribution in [1.29, 1.82) is 0 Å². The second kappa shape index (κ2) is 10.9. The summed E-state index contributed by atoms with van der Waals surface area (Å²) in [6.07, 6.45) is -7.44. The summed E-state index contributed by atoms with van der Waals surface area (Å²) in [7, 11) is 0. The highest BCUT2D eigenvalue weighted by molar-refractivity contribution is 9.10. The highest BCUT2D eigenvalue weighted by Crippen LogP contribution is 2.51. The zero-order valence-electron chi connectivity index (χ0n) is 22.4. The third-order valence-electron chi connectivity index (χ3n) is 8.18. The molecule has 2 aromatic rings. The molecule has 0 unspecified atom stereocenters. The molecule has 3 aliphatic rings. The molecule has 2 fully saturated rings. The molecule has 5 nitrogen and oxygen atoms in total. The van der Waals surface area contributed by atoms with Gasteiger partial charge in [-0.2, -0.15) is 26.3 Å². The van der Waals surface area contributed by atoms with Crippen molar-refractivity contribution in [3.63, 3.8) is 0 Å². The number of alkyl halides is 6. The summed E-state index contributed by atoms with van der Waals surface area (Å²) >= 11 is 3.38. The molecule has 12 heteroatoms. The third kappa shape index (κ3) is 5.62. The number of rotatable bonds is 5. The fourth-order valence-electron chi connectivity index (χ4n) is 6.29. The molecule has 1 aliphatic carbocycles. The number of benzene rings is 2. The van der Waals surface area contributed by atoms with Gasteiger partial charge >= 0.3 is 12.4 Å². The minimum atomic E-state index is -5.12. The van der Waals surface area contributed by atoms with Crippen LogP contribution in [-0.2, 0) is 26.7 Å². The Balaban J connectivity index is 1.39. The number of aromatic hydroxyl groups is 1. The monoisotopic (exact) mass is 657 g/mol. The number of amides is 2. The first kappa shape index (κ1) is 30.3. The Morgan fingerprint density at radius 3 is 2.29 bits per heavy atom. The SMILES string of the molecule is CC1=C2[C@@H](CC/C(C)=C/c3cc(Br)ccc3O)OC[C@@H]2[C@@H]2C(=O)N(c3cc(C(F)(F)F)cc(C(F)(F)F)c3)C(=O)[C@@H]2C1. The van der Waals surface area contributed by atoms with E-state index >= 15 is 0 Å². The van der Waals surface area contributed by atoms with Crippen molar-refractivity contribution in [2.45, 2.75) is 51.6 Å². The Bertz CT molecular complexity index is 1480. The van der Waals surface area contributed by atoms with Crippen LogP contribution in [0.2, 0.25) is 0 Å². The Morgan fingerprint density at radius 2 is 1.67 bits per heavy atom. The molecule has 2 heterocycles. The lowest BCUT2D eigenvalue weighted by atomic mass is 9.70. The van der Waals surface area contributed by atoms with Crippen LogP contribution in [0.25, 0.3) is 6.08 Å². The van der Waals surface area contributed by atoms with E-state index in [1.165, 1.54) is 0 Å². The smallest absolute Gasteiger partial charge is 0.416 e. The highest BCUT2D eigenvalue weighted by Gasteiger charge is 2.57. The van der Waals surface area contributed by atoms with Crippen LogP contribution in [0.1, 0.15) is 49.8 Å². The molecule has 2 saturated heterocycles. The Labute approximate surface area is 246 Å². The van der Waals surface area contributed by atoms with Gasteiger partial charge in [0, 0.05) is 16.0 Å². The van der Waals surface area contributed by atoms with Crippen molar-refractivity contribution in [3.8, 4) is 5.75 Å². The first-order chi connectivity index (χ1) is 19.6. The van der Waals surface area contributed by atoms with Crippen LogP contribution in [-0.4, -0.2) is 29.6 Å². The summed E-state index contributed by atoms with van der Waals surface area (Å²) in [6, 6.07) is 5.87. The normalized spacial score (nSPS) is 24.9. The van der Waals surface area contributed by atoms with Gasteiger partial charge in [0.2, 0.25) is 11.8 Å². The van der Waals surface area contributed by atoms with Crippen LogP contribution in [0.4, 0.5) is 32.0 Å². The van der Waals surface area contributed by atoms with Crippen molar-refractivity contribution in [3.05, 3.63) is 74.3 Å². The molecule has 0 spiro atoms. The van der Waals surface area contributed by atoms with E-state index in [2.05, 4.69) is 15.9 Å². The van der Waals surface area contributed by atoms with E-state index in [-0.39, 0.29) is 30.9 Å². The molecule has 5 rings (SSSR count). The number of carbonyl (C=O) groups is 2. The number of fused-ring (bicyclic) bond motifs is 3. The van der Waals surface area contributed by atoms with Crippen molar-refractivity contribution in [2.24, 2.45) is 17.8 Å². The van der Waals surface area contributed by atoms with Crippen LogP contribution in [0.15, 0.2) is 57.6 Å². The third-order valence-corrected chi connectivity index (χ3v) is 8.67. The highest BCUT2D eigenvalue weighted by atomic mass is 79.9. The molecule has 0 bridgehead atoms. The number of hydrogen-bond donors (Lipinski definition) is 1. The summed E-state index contributed by atoms with van der Waals surface area (Å²) in [5.74, 6) is -3.87. The van der Waals surface area contributed by atoms with Crippen molar-refractivity contribution >= 4 is 39.5 Å². The molecular formula is C30H26BrF6NO4. The zero-order valence-corrected chi connectivity index (χ0v) is 24.0. The number of phenolic OH excluding ortho intramolecular Hbond substituents is 1. The molecule has 2 aliphatic heterocycles. The van der Waals surface area contributed by atoms with Crippen LogP contribution in [0, 0.1) is 17.8 Å². The molecule has 224 valence electrons. The lowest BCUT2D eigenvalue weighted by Crippen LogP contribution is -2.34. The van der Waals surface area contributed by atoms with Gasteiger partial charge in [-0.3, -0.25) is 9.59 Å². The molecule has 1 N–H and O–H groups in total. The number of phenols is 1. The molecular weight excluding hydrogens is 632 g/mol. The van der Waals surface area contributed by atoms with Gasteiger partial charge in [0.15, 0.2) is 0 Å². The predicted octanol–water partition coefficient (Wildman–Crippen LogP) is 7.92. The van der Waals surface area contributed by atoms with Gasteiger partial charge < -0.3 is 9.84 Å². The molecule has 2 amide bonds. The standard InChI is InChI=1S/C30H26BrF6NO4/c1-14(7-16-9-19(31)4-5-23(16)39)3-6-24-25-15(2)8-21-26(22(25)13-42-24)28(41)38(27(21)40)20-11-17(29(32,33)34)10-18(12-20)30(35,36)37/h4-5,7,9-12,21-22,24,26,39H,3,6,8,13H2,1-2H3/b14-7+/t21-,22+,24-,26-/m1/s1. The van der Waals surface area contributed by atoms with E-state index in [4.69, 9.17) is 4.74 Å². The van der Waals surface area contributed by atoms with E-state index in [1.54, 1.807) is 18.2 Å². The summed E-state index contributed by atoms with van der Waals surface area (Å²) < 4.78 is 87.7. The lowest BCUT2D eigenvalue weighted by molar-refractivity contribution is -0.143. The molecule has 0 aromatic heterocycles. The Hall–Kier alpha value is -3.12. The van der Waals surface area contributed by atoms with E-state index in [1.807, 2.05) is 19.9 Å². The fraction of sp³-hybridized carbons (Fsp3) is 0.400. The van der Waals surface area contributed by atoms with Crippen molar-refractivity contribution < 1.29 is 45.8 Å². The second-order valence-corrected chi connectivity index (χ2v) is 11.9. The predicted molar refractivity (Wildman–Crippen MR) is 145 cm³/mol. The number of imide groups is 1. The Morgan fingerprint density at radius 1 is 1.02 bits per heavy atom. The summed E-state index contributed by atoms with van der Waals surface area (Å²) in [6.45, 7) is 3.83. The molecule has 0 radical (unpaired) electrons. The fourth-order valence-corrected chi connectivity index (χ4v) is 6.67. The maximum Gasteiger partial charge on any atom is 0.416 e. The first-order valence-electron chi connectivity index (χ1n) is 13.2. The van der Waals surface area contributed by atoms with E-state index in [0.717, 1.165) is 21.2 Å². The van der Waals surface area contributed by atoms with Gasteiger partial charge in [-0.25, -0.2) is 4.90 Å². The average molecular weight is 658 g/mol. The van der Waals surface area contributed by atoms with Crippen molar-refractivity contribution in [2.75, 3.05) is 11.5 Å². The van der Waals surface area contributed by atoms with Crippen LogP contribution < -0.4 is 4.90 Å². The molecule has 2 aromatic carbocycles. The number of nitrogens with zero attached hydrogens (tertiary/aromatic N) is 1. The van der Waals surface area contributed by atoms with Crippen molar-refractivity contribution in [1.82, 2.24) is 0 Å². The van der Waals surface area contributed by atoms with Gasteiger partial charge in [0.1, 0.15) is 5.75 Å². The number of halogens is 7. The van der Waals surface area contributed by atoms with Gasteiger partial charge in [-0.15, -0.1) is 0 Å². The topological polar surface area (TPSA) is 66.8 Å². The van der Waals surface area contributed by atoms with Crippen LogP contribution in [0.3, 0.4) is 0 Å². The number of anilines is 1. The summed E-state index contributed by atoms with van der Waals surface area (Å²) in [5, 5.41) is 10.1. The van der Waals surface area contributed by atoms with Gasteiger partial charge in [0.05, 0.1) is 41.4 Å². The Kier molecular flexibility index (Phi) is 7.84. The summed E-state index contributed by atoms with van der Waals surface area (Å²) in [5.41, 5.74) is -0.640. The number of allylic oxidation sites excluding steroid dienone is 2. The van der Waals surface area contributed by atoms with Crippen LogP contribution >= 0.6 is 15.9 Å². The quantitative estimate of drug-likeness (QED) is 0.202. The maximum absolute atomic E-state index is 13.6. The van der Waals surface area contributed by atoms with Gasteiger partial charge in [-0.1, -0.05) is 33.2 Å². The van der Waals surface area contributed by atoms with E-state index < -0.39 is 58.7 Å². The second-order valence-electron chi connectivity index (χ2n) is 11.0. The lowest BCUT2D eigenvalue weighted by Gasteiger charge is -2.30. The first-order valence-corrected chi connectivity index (χ1v) is 14.0. The van der Waals surface area contributed by atoms with Gasteiger partial charge in [-0.05, 0) is 75.1 Å². The molecule has 0 saturated carbocycles. The number of ether oxygens (including phenoxy) is 1. The number of hydrogen-bond acceptors (Lipinski definition) is 4. The number of carbonyl (C=O) groups excluding carboxylic acids is 2. The minimum absolute atomic E-state index is 0.0325. The largest absolute Gasteiger partial charge is 0.507 e. The minimum Gasteiger partial charge on any atom is -0.507 e. The average Bonchev–Trinajstić information content (AvgIpc) is 3.42. The maximum atomic E-state index is 13.6.